The topological polar surface area (TPSA) is 96.2 Å². The monoisotopic (exact) mass is 411 g/mol. The van der Waals surface area contributed by atoms with Crippen molar-refractivity contribution in [2.45, 2.75) is 53.5 Å². The number of fused-ring (bicyclic) bond motifs is 3. The third-order valence-corrected chi connectivity index (χ3v) is 4.79. The number of hydrogen-bond donors (Lipinski definition) is 3. The van der Waals surface area contributed by atoms with Crippen LogP contribution in [0.25, 0.3) is 16.7 Å². The molecule has 1 aromatic carbocycles. The summed E-state index contributed by atoms with van der Waals surface area (Å²) < 4.78 is 1.96. The van der Waals surface area contributed by atoms with Gasteiger partial charge in [-0.3, -0.25) is 9.20 Å². The molecule has 2 aromatic heterocycles. The van der Waals surface area contributed by atoms with Crippen LogP contribution in [-0.2, 0) is 0 Å². The van der Waals surface area contributed by atoms with Crippen LogP contribution in [0.3, 0.4) is 0 Å². The van der Waals surface area contributed by atoms with Crippen molar-refractivity contribution < 1.29 is 4.79 Å². The van der Waals surface area contributed by atoms with Gasteiger partial charge in [-0.15, -0.1) is 10.2 Å². The van der Waals surface area contributed by atoms with E-state index in [0.29, 0.717) is 17.1 Å². The van der Waals surface area contributed by atoms with Crippen molar-refractivity contribution in [2.24, 2.45) is 5.92 Å². The van der Waals surface area contributed by atoms with Gasteiger partial charge < -0.3 is 16.0 Å². The van der Waals surface area contributed by atoms with Crippen LogP contribution in [0.1, 0.15) is 56.7 Å². The molecule has 0 saturated carbocycles. The van der Waals surface area contributed by atoms with Gasteiger partial charge in [-0.1, -0.05) is 13.8 Å². The first-order valence-corrected chi connectivity index (χ1v) is 10.8. The summed E-state index contributed by atoms with van der Waals surface area (Å²) >= 11 is 0. The van der Waals surface area contributed by atoms with Gasteiger partial charge in [0.15, 0.2) is 5.82 Å². The van der Waals surface area contributed by atoms with Gasteiger partial charge in [0, 0.05) is 18.2 Å². The average Bonchev–Trinajstić information content (AvgIpc) is 3.08. The number of aryl methyl sites for hydroxylation is 1. The lowest BCUT2D eigenvalue weighted by Crippen LogP contribution is -2.30. The van der Waals surface area contributed by atoms with Crippen molar-refractivity contribution in [2.75, 3.05) is 25.0 Å². The van der Waals surface area contributed by atoms with Crippen LogP contribution in [0.2, 0.25) is 0 Å². The van der Waals surface area contributed by atoms with Gasteiger partial charge in [-0.2, -0.15) is 0 Å². The summed E-state index contributed by atoms with van der Waals surface area (Å²) in [6.07, 6.45) is 2.14. The number of unbranched alkanes of at least 4 members (excludes halogenated alkanes) is 1. The zero-order chi connectivity index (χ0) is 21.7. The van der Waals surface area contributed by atoms with Crippen molar-refractivity contribution in [3.63, 3.8) is 0 Å². The molecule has 0 radical (unpaired) electrons. The van der Waals surface area contributed by atoms with E-state index >= 15 is 0 Å². The molecule has 0 fully saturated rings. The van der Waals surface area contributed by atoms with E-state index in [1.807, 2.05) is 43.4 Å². The van der Waals surface area contributed by atoms with E-state index < -0.39 is 0 Å². The minimum Gasteiger partial charge on any atom is -0.367 e. The second-order valence-corrected chi connectivity index (χ2v) is 8.43. The highest BCUT2D eigenvalue weighted by molar-refractivity contribution is 5.98. The Bertz CT molecular complexity index is 1010. The van der Waals surface area contributed by atoms with Crippen molar-refractivity contribution in [1.29, 1.82) is 0 Å². The van der Waals surface area contributed by atoms with Crippen LogP contribution < -0.4 is 16.0 Å². The number of aromatic nitrogens is 4. The van der Waals surface area contributed by atoms with E-state index in [0.717, 1.165) is 55.2 Å². The van der Waals surface area contributed by atoms with Crippen molar-refractivity contribution in [3.8, 4) is 0 Å². The van der Waals surface area contributed by atoms with Gasteiger partial charge in [-0.25, -0.2) is 4.98 Å². The number of rotatable bonds is 10. The van der Waals surface area contributed by atoms with E-state index in [1.54, 1.807) is 0 Å². The van der Waals surface area contributed by atoms with Crippen LogP contribution >= 0.6 is 0 Å². The molecule has 3 rings (SSSR count). The average molecular weight is 412 g/mol. The molecule has 0 unspecified atom stereocenters. The second kappa shape index (κ2) is 9.84. The van der Waals surface area contributed by atoms with Crippen molar-refractivity contribution >= 4 is 28.4 Å². The van der Waals surface area contributed by atoms with Gasteiger partial charge in [-0.05, 0) is 70.8 Å². The molecule has 2 heterocycles. The molecule has 0 saturated heterocycles. The molecule has 0 bridgehead atoms. The highest BCUT2D eigenvalue weighted by atomic mass is 16.1. The molecule has 8 heteroatoms. The van der Waals surface area contributed by atoms with Crippen molar-refractivity contribution in [3.05, 3.63) is 29.6 Å². The number of carbonyl (C=O) groups is 1. The summed E-state index contributed by atoms with van der Waals surface area (Å²) in [5.41, 5.74) is 2.90. The first kappa shape index (κ1) is 22.0. The second-order valence-electron chi connectivity index (χ2n) is 8.43. The molecular formula is C22H33N7O. The molecule has 162 valence electrons. The lowest BCUT2D eigenvalue weighted by atomic mass is 10.1. The first-order valence-electron chi connectivity index (χ1n) is 10.8. The molecule has 30 heavy (non-hydrogen) atoms. The summed E-state index contributed by atoms with van der Waals surface area (Å²) in [6.45, 7) is 13.1. The third kappa shape index (κ3) is 5.24. The Balaban J connectivity index is 1.77. The van der Waals surface area contributed by atoms with E-state index in [4.69, 9.17) is 4.98 Å². The number of carbonyl (C=O) groups excluding carboxylic acids is 1. The molecule has 8 nitrogen and oxygen atoms in total. The van der Waals surface area contributed by atoms with Crippen LogP contribution in [0.4, 0.5) is 5.82 Å². The fourth-order valence-corrected chi connectivity index (χ4v) is 3.35. The Hall–Kier alpha value is -2.74. The van der Waals surface area contributed by atoms with Gasteiger partial charge in [0.25, 0.3) is 5.91 Å². The third-order valence-electron chi connectivity index (χ3n) is 4.79. The maximum absolute atomic E-state index is 12.4. The van der Waals surface area contributed by atoms with Gasteiger partial charge in [0.2, 0.25) is 5.65 Å². The van der Waals surface area contributed by atoms with Crippen LogP contribution in [0.15, 0.2) is 18.2 Å². The summed E-state index contributed by atoms with van der Waals surface area (Å²) in [4.78, 5) is 17.2. The van der Waals surface area contributed by atoms with Crippen LogP contribution in [0.5, 0.6) is 0 Å². The highest BCUT2D eigenvalue weighted by Gasteiger charge is 2.15. The van der Waals surface area contributed by atoms with Gasteiger partial charge >= 0.3 is 0 Å². The molecule has 0 atom stereocenters. The molecule has 0 aliphatic heterocycles. The summed E-state index contributed by atoms with van der Waals surface area (Å²) in [7, 11) is 0. The standard InChI is InChI=1S/C22H33N7O/c1-14(2)13-23-10-6-7-11-24-20-21-28-27-16(5)29(21)19-12-17(8-9-18(19)26-20)22(30)25-15(3)4/h8-9,12,14-15,23H,6-7,10-11,13H2,1-5H3,(H,24,26)(H,25,30). The SMILES string of the molecule is Cc1nnc2c(NCCCCNCC(C)C)nc3ccc(C(=O)NC(C)C)cc3n12. The quantitative estimate of drug-likeness (QED) is 0.444. The molecule has 0 spiro atoms. The molecule has 0 aliphatic rings. The normalized spacial score (nSPS) is 11.7. The van der Waals surface area contributed by atoms with Crippen LogP contribution in [0, 0.1) is 12.8 Å². The summed E-state index contributed by atoms with van der Waals surface area (Å²) in [5, 5.41) is 18.4. The zero-order valence-electron chi connectivity index (χ0n) is 18.6. The fraction of sp³-hybridized carbons (Fsp3) is 0.545. The van der Waals surface area contributed by atoms with Gasteiger partial charge in [0.1, 0.15) is 5.82 Å². The summed E-state index contributed by atoms with van der Waals surface area (Å²) in [6, 6.07) is 5.62. The number of amides is 1. The Morgan fingerprint density at radius 3 is 2.60 bits per heavy atom. The van der Waals surface area contributed by atoms with E-state index in [2.05, 4.69) is 40.0 Å². The van der Waals surface area contributed by atoms with Gasteiger partial charge in [0.05, 0.1) is 11.0 Å². The smallest absolute Gasteiger partial charge is 0.251 e. The number of anilines is 1. The fourth-order valence-electron chi connectivity index (χ4n) is 3.35. The first-order chi connectivity index (χ1) is 14.4. The Kier molecular flexibility index (Phi) is 7.20. The Morgan fingerprint density at radius 2 is 1.87 bits per heavy atom. The van der Waals surface area contributed by atoms with Crippen molar-refractivity contribution in [1.82, 2.24) is 30.2 Å². The minimum absolute atomic E-state index is 0.0788. The van der Waals surface area contributed by atoms with E-state index in [1.165, 1.54) is 0 Å². The number of hydrogen-bond acceptors (Lipinski definition) is 6. The maximum atomic E-state index is 12.4. The zero-order valence-corrected chi connectivity index (χ0v) is 18.6. The summed E-state index contributed by atoms with van der Waals surface area (Å²) in [5.74, 6) is 2.06. The Labute approximate surface area is 177 Å². The lowest BCUT2D eigenvalue weighted by Gasteiger charge is -2.12. The van der Waals surface area contributed by atoms with E-state index in [-0.39, 0.29) is 11.9 Å². The molecule has 3 N–H and O–H groups in total. The minimum atomic E-state index is -0.0981. The predicted octanol–water partition coefficient (Wildman–Crippen LogP) is 3.16. The largest absolute Gasteiger partial charge is 0.367 e. The molecular weight excluding hydrogens is 378 g/mol. The van der Waals surface area contributed by atoms with E-state index in [9.17, 15) is 4.79 Å². The molecule has 3 aromatic rings. The number of benzene rings is 1. The lowest BCUT2D eigenvalue weighted by molar-refractivity contribution is 0.0943. The number of nitrogens with zero attached hydrogens (tertiary/aromatic N) is 4. The predicted molar refractivity (Wildman–Crippen MR) is 121 cm³/mol. The number of nitrogens with one attached hydrogen (secondary N) is 3. The molecule has 0 aliphatic carbocycles. The molecule has 1 amide bonds. The Morgan fingerprint density at radius 1 is 1.10 bits per heavy atom. The highest BCUT2D eigenvalue weighted by Crippen LogP contribution is 2.23. The van der Waals surface area contributed by atoms with Crippen LogP contribution in [-0.4, -0.2) is 51.2 Å². The maximum Gasteiger partial charge on any atom is 0.251 e.